The van der Waals surface area contributed by atoms with Gasteiger partial charge in [-0.1, -0.05) is 13.3 Å². The van der Waals surface area contributed by atoms with Gasteiger partial charge < -0.3 is 15.5 Å². The second-order valence-corrected chi connectivity index (χ2v) is 5.88. The van der Waals surface area contributed by atoms with Crippen LogP contribution in [0.25, 0.3) is 0 Å². The molecule has 0 bridgehead atoms. The number of nitrogens with zero attached hydrogens (tertiary/aromatic N) is 1. The van der Waals surface area contributed by atoms with Crippen molar-refractivity contribution in [3.63, 3.8) is 0 Å². The molecule has 1 aliphatic heterocycles. The van der Waals surface area contributed by atoms with E-state index in [1.165, 1.54) is 19.3 Å². The van der Waals surface area contributed by atoms with Gasteiger partial charge in [0.2, 0.25) is 0 Å². The molecule has 106 valence electrons. The van der Waals surface area contributed by atoms with E-state index in [4.69, 9.17) is 5.11 Å². The highest BCUT2D eigenvalue weighted by molar-refractivity contribution is 4.91. The van der Waals surface area contributed by atoms with Crippen LogP contribution in [0.5, 0.6) is 0 Å². The molecule has 3 unspecified atom stereocenters. The van der Waals surface area contributed by atoms with Crippen LogP contribution in [0, 0.1) is 5.92 Å². The average molecular weight is 256 g/mol. The smallest absolute Gasteiger partial charge is 0.0578 e. The SMILES string of the molecule is CCC(O)C1CC(NCCO)CN(C2CCC2)C1. The number of piperidine rings is 1. The Hall–Kier alpha value is -0.160. The first-order valence-corrected chi connectivity index (χ1v) is 7.51. The van der Waals surface area contributed by atoms with Crippen LogP contribution in [-0.2, 0) is 0 Å². The molecule has 2 rings (SSSR count). The Labute approximate surface area is 110 Å². The Morgan fingerprint density at radius 3 is 2.67 bits per heavy atom. The minimum absolute atomic E-state index is 0.175. The van der Waals surface area contributed by atoms with Crippen LogP contribution in [0.3, 0.4) is 0 Å². The van der Waals surface area contributed by atoms with Crippen molar-refractivity contribution in [3.8, 4) is 0 Å². The normalized spacial score (nSPS) is 32.2. The molecule has 1 heterocycles. The monoisotopic (exact) mass is 256 g/mol. The van der Waals surface area contributed by atoms with Crippen LogP contribution in [0.4, 0.5) is 0 Å². The van der Waals surface area contributed by atoms with Gasteiger partial charge in [-0.05, 0) is 31.6 Å². The number of likely N-dealkylation sites (tertiary alicyclic amines) is 1. The molecule has 4 heteroatoms. The molecule has 1 saturated heterocycles. The first-order valence-electron chi connectivity index (χ1n) is 7.51. The quantitative estimate of drug-likeness (QED) is 0.651. The molecule has 4 nitrogen and oxygen atoms in total. The van der Waals surface area contributed by atoms with Gasteiger partial charge in [0.15, 0.2) is 0 Å². The molecule has 3 atom stereocenters. The van der Waals surface area contributed by atoms with Crippen molar-refractivity contribution in [1.82, 2.24) is 10.2 Å². The summed E-state index contributed by atoms with van der Waals surface area (Å²) < 4.78 is 0. The zero-order valence-corrected chi connectivity index (χ0v) is 11.5. The van der Waals surface area contributed by atoms with Crippen molar-refractivity contribution in [2.45, 2.75) is 57.2 Å². The molecule has 2 fully saturated rings. The van der Waals surface area contributed by atoms with Gasteiger partial charge in [-0.25, -0.2) is 0 Å². The van der Waals surface area contributed by atoms with E-state index in [1.807, 2.05) is 0 Å². The van der Waals surface area contributed by atoms with Gasteiger partial charge in [-0.3, -0.25) is 4.90 Å². The third-order valence-electron chi connectivity index (χ3n) is 4.61. The van der Waals surface area contributed by atoms with Gasteiger partial charge in [0.05, 0.1) is 12.7 Å². The maximum Gasteiger partial charge on any atom is 0.0578 e. The topological polar surface area (TPSA) is 55.7 Å². The molecule has 3 N–H and O–H groups in total. The summed E-state index contributed by atoms with van der Waals surface area (Å²) in [5.74, 6) is 0.389. The van der Waals surface area contributed by atoms with Crippen molar-refractivity contribution < 1.29 is 10.2 Å². The van der Waals surface area contributed by atoms with Gasteiger partial charge in [-0.2, -0.15) is 0 Å². The largest absolute Gasteiger partial charge is 0.395 e. The van der Waals surface area contributed by atoms with Crippen LogP contribution in [0.1, 0.15) is 39.0 Å². The number of rotatable bonds is 6. The van der Waals surface area contributed by atoms with Crippen molar-refractivity contribution in [2.75, 3.05) is 26.2 Å². The van der Waals surface area contributed by atoms with Gasteiger partial charge in [0, 0.05) is 31.7 Å². The van der Waals surface area contributed by atoms with E-state index in [0.717, 1.165) is 32.0 Å². The van der Waals surface area contributed by atoms with E-state index in [-0.39, 0.29) is 12.7 Å². The Bertz CT molecular complexity index is 233. The summed E-state index contributed by atoms with van der Waals surface area (Å²) in [6.45, 7) is 5.05. The fraction of sp³-hybridized carbons (Fsp3) is 1.00. The maximum absolute atomic E-state index is 10.1. The zero-order valence-electron chi connectivity index (χ0n) is 11.5. The third kappa shape index (κ3) is 3.44. The predicted molar refractivity (Wildman–Crippen MR) is 72.5 cm³/mol. The first-order chi connectivity index (χ1) is 8.74. The minimum Gasteiger partial charge on any atom is -0.395 e. The standard InChI is InChI=1S/C14H28N2O2/c1-2-14(18)11-8-12(15-6-7-17)10-16(9-11)13-4-3-5-13/h11-15,17-18H,2-10H2,1H3. The molecular formula is C14H28N2O2. The van der Waals surface area contributed by atoms with Gasteiger partial charge in [0.25, 0.3) is 0 Å². The lowest BCUT2D eigenvalue weighted by Gasteiger charge is -2.46. The lowest BCUT2D eigenvalue weighted by atomic mass is 9.84. The lowest BCUT2D eigenvalue weighted by molar-refractivity contribution is 0.00230. The van der Waals surface area contributed by atoms with E-state index >= 15 is 0 Å². The van der Waals surface area contributed by atoms with Gasteiger partial charge in [0.1, 0.15) is 0 Å². The molecule has 1 aliphatic carbocycles. The number of nitrogens with one attached hydrogen (secondary N) is 1. The fourth-order valence-electron chi connectivity index (χ4n) is 3.25. The summed E-state index contributed by atoms with van der Waals surface area (Å²) in [4.78, 5) is 2.56. The summed E-state index contributed by atoms with van der Waals surface area (Å²) >= 11 is 0. The first kappa shape index (κ1) is 14.3. The molecule has 18 heavy (non-hydrogen) atoms. The highest BCUT2D eigenvalue weighted by Gasteiger charge is 2.35. The molecule has 1 saturated carbocycles. The molecule has 0 spiro atoms. The second kappa shape index (κ2) is 6.85. The molecule has 0 aromatic heterocycles. The lowest BCUT2D eigenvalue weighted by Crippen LogP contribution is -2.56. The zero-order chi connectivity index (χ0) is 13.0. The minimum atomic E-state index is -0.175. The summed E-state index contributed by atoms with van der Waals surface area (Å²) in [7, 11) is 0. The number of aliphatic hydroxyl groups is 2. The molecule has 0 radical (unpaired) electrons. The van der Waals surface area contributed by atoms with E-state index < -0.39 is 0 Å². The van der Waals surface area contributed by atoms with Gasteiger partial charge >= 0.3 is 0 Å². The van der Waals surface area contributed by atoms with Crippen LogP contribution < -0.4 is 5.32 Å². The Kier molecular flexibility index (Phi) is 5.42. The average Bonchev–Trinajstić information content (AvgIpc) is 2.33. The van der Waals surface area contributed by atoms with Crippen LogP contribution >= 0.6 is 0 Å². The third-order valence-corrected chi connectivity index (χ3v) is 4.61. The van der Waals surface area contributed by atoms with Crippen molar-refractivity contribution in [1.29, 1.82) is 0 Å². The summed E-state index contributed by atoms with van der Waals surface area (Å²) in [5, 5.41) is 22.4. The highest BCUT2D eigenvalue weighted by atomic mass is 16.3. The maximum atomic E-state index is 10.1. The Balaban J connectivity index is 1.90. The molecule has 0 aromatic rings. The van der Waals surface area contributed by atoms with Gasteiger partial charge in [-0.15, -0.1) is 0 Å². The summed E-state index contributed by atoms with van der Waals surface area (Å²) in [5.41, 5.74) is 0. The summed E-state index contributed by atoms with van der Waals surface area (Å²) in [6, 6.07) is 1.17. The van der Waals surface area contributed by atoms with Crippen LogP contribution in [0.2, 0.25) is 0 Å². The van der Waals surface area contributed by atoms with Crippen LogP contribution in [-0.4, -0.2) is 59.5 Å². The molecular weight excluding hydrogens is 228 g/mol. The number of aliphatic hydroxyl groups excluding tert-OH is 2. The van der Waals surface area contributed by atoms with Crippen LogP contribution in [0.15, 0.2) is 0 Å². The molecule has 0 amide bonds. The van der Waals surface area contributed by atoms with Crippen molar-refractivity contribution in [3.05, 3.63) is 0 Å². The molecule has 0 aromatic carbocycles. The summed E-state index contributed by atoms with van der Waals surface area (Å²) in [6.07, 6.45) is 5.71. The van der Waals surface area contributed by atoms with E-state index in [0.29, 0.717) is 18.5 Å². The van der Waals surface area contributed by atoms with E-state index in [1.54, 1.807) is 0 Å². The van der Waals surface area contributed by atoms with Crippen molar-refractivity contribution in [2.24, 2.45) is 5.92 Å². The Morgan fingerprint density at radius 2 is 2.11 bits per heavy atom. The van der Waals surface area contributed by atoms with Crippen molar-refractivity contribution >= 4 is 0 Å². The molecule has 2 aliphatic rings. The van der Waals surface area contributed by atoms with E-state index in [9.17, 15) is 5.11 Å². The number of hydrogen-bond acceptors (Lipinski definition) is 4. The highest BCUT2D eigenvalue weighted by Crippen LogP contribution is 2.30. The Morgan fingerprint density at radius 1 is 1.33 bits per heavy atom. The second-order valence-electron chi connectivity index (χ2n) is 5.88. The number of hydrogen-bond donors (Lipinski definition) is 3. The predicted octanol–water partition coefficient (Wildman–Crippen LogP) is 0.582. The van der Waals surface area contributed by atoms with E-state index in [2.05, 4.69) is 17.1 Å². The fourth-order valence-corrected chi connectivity index (χ4v) is 3.25.